The molecule has 0 radical (unpaired) electrons. The van der Waals surface area contributed by atoms with Crippen LogP contribution in [0.25, 0.3) is 0 Å². The number of rotatable bonds is 4. The Kier molecular flexibility index (Phi) is 4.61. The molecule has 0 saturated heterocycles. The summed E-state index contributed by atoms with van der Waals surface area (Å²) in [6, 6.07) is 12.7. The van der Waals surface area contributed by atoms with Crippen molar-refractivity contribution >= 4 is 17.5 Å². The second kappa shape index (κ2) is 6.23. The summed E-state index contributed by atoms with van der Waals surface area (Å²) in [5, 5.41) is 0. The van der Waals surface area contributed by atoms with E-state index in [0.717, 1.165) is 4.90 Å². The molecule has 3 heteroatoms. The van der Waals surface area contributed by atoms with Crippen LogP contribution >= 0.6 is 11.8 Å². The Morgan fingerprint density at radius 1 is 1.10 bits per heavy atom. The fraction of sp³-hybridized carbons (Fsp3) is 0.235. The zero-order chi connectivity index (χ0) is 14.7. The van der Waals surface area contributed by atoms with Gasteiger partial charge in [-0.2, -0.15) is 0 Å². The van der Waals surface area contributed by atoms with Gasteiger partial charge in [0.2, 0.25) is 0 Å². The minimum absolute atomic E-state index is 0.123. The fourth-order valence-corrected chi connectivity index (χ4v) is 2.67. The number of ketones is 1. The summed E-state index contributed by atoms with van der Waals surface area (Å²) in [5.41, 5.74) is 1.67. The minimum Gasteiger partial charge on any atom is -0.295 e. The van der Waals surface area contributed by atoms with Gasteiger partial charge in [0.25, 0.3) is 0 Å². The van der Waals surface area contributed by atoms with Crippen molar-refractivity contribution in [2.45, 2.75) is 36.5 Å². The van der Waals surface area contributed by atoms with Crippen molar-refractivity contribution in [2.75, 3.05) is 0 Å². The molecule has 0 saturated carbocycles. The highest BCUT2D eigenvalue weighted by atomic mass is 32.2. The van der Waals surface area contributed by atoms with Crippen molar-refractivity contribution in [3.05, 3.63) is 59.4 Å². The molecular weight excluding hydrogens is 271 g/mol. The van der Waals surface area contributed by atoms with Crippen LogP contribution in [0.15, 0.2) is 52.3 Å². The Labute approximate surface area is 123 Å². The molecule has 1 nitrogen and oxygen atoms in total. The van der Waals surface area contributed by atoms with E-state index in [4.69, 9.17) is 0 Å². The Hall–Kier alpha value is -1.61. The maximum Gasteiger partial charge on any atom is 0.159 e. The summed E-state index contributed by atoms with van der Waals surface area (Å²) in [5.74, 6) is 0.0120. The molecule has 2 rings (SSSR count). The van der Waals surface area contributed by atoms with Crippen LogP contribution in [-0.4, -0.2) is 5.78 Å². The molecule has 2 aromatic carbocycles. The third-order valence-corrected chi connectivity index (χ3v) is 4.17. The molecule has 0 atom stereocenters. The molecule has 0 fully saturated rings. The van der Waals surface area contributed by atoms with Crippen LogP contribution in [0.1, 0.15) is 42.6 Å². The molecule has 0 unspecified atom stereocenters. The molecule has 0 bridgehead atoms. The smallest absolute Gasteiger partial charge is 0.159 e. The van der Waals surface area contributed by atoms with E-state index < -0.39 is 0 Å². The molecule has 0 N–H and O–H groups in total. The standard InChI is InChI=1S/C17H17FOS/c1-11(2)13-4-7-15(8-5-13)20-17-9-6-14(12(3)19)10-16(17)18/h4-11H,1-3H3. The van der Waals surface area contributed by atoms with Crippen molar-refractivity contribution in [1.29, 1.82) is 0 Å². The molecule has 0 heterocycles. The van der Waals surface area contributed by atoms with Crippen molar-refractivity contribution in [1.82, 2.24) is 0 Å². The van der Waals surface area contributed by atoms with Crippen molar-refractivity contribution < 1.29 is 9.18 Å². The van der Waals surface area contributed by atoms with Gasteiger partial charge in [-0.25, -0.2) is 4.39 Å². The number of carbonyl (C=O) groups is 1. The Balaban J connectivity index is 2.19. The molecule has 0 amide bonds. The van der Waals surface area contributed by atoms with Crippen LogP contribution in [0, 0.1) is 5.82 Å². The molecule has 0 spiro atoms. The highest BCUT2D eigenvalue weighted by Gasteiger charge is 2.08. The fourth-order valence-electron chi connectivity index (χ4n) is 1.85. The van der Waals surface area contributed by atoms with E-state index in [1.807, 2.05) is 12.1 Å². The largest absolute Gasteiger partial charge is 0.295 e. The lowest BCUT2D eigenvalue weighted by atomic mass is 10.0. The van der Waals surface area contributed by atoms with Crippen LogP contribution in [0.5, 0.6) is 0 Å². The summed E-state index contributed by atoms with van der Waals surface area (Å²) >= 11 is 1.37. The summed E-state index contributed by atoms with van der Waals surface area (Å²) in [6.45, 7) is 5.72. The first-order chi connectivity index (χ1) is 9.47. The van der Waals surface area contributed by atoms with E-state index in [1.54, 1.807) is 12.1 Å². The van der Waals surface area contributed by atoms with E-state index in [9.17, 15) is 9.18 Å². The molecule has 20 heavy (non-hydrogen) atoms. The third-order valence-electron chi connectivity index (χ3n) is 3.11. The van der Waals surface area contributed by atoms with Crippen molar-refractivity contribution in [3.63, 3.8) is 0 Å². The molecule has 0 aliphatic heterocycles. The second-order valence-electron chi connectivity index (χ2n) is 5.03. The van der Waals surface area contributed by atoms with Gasteiger partial charge in [-0.1, -0.05) is 43.8 Å². The summed E-state index contributed by atoms with van der Waals surface area (Å²) < 4.78 is 13.9. The molecule has 104 valence electrons. The molecular formula is C17H17FOS. The van der Waals surface area contributed by atoms with Crippen LogP contribution in [-0.2, 0) is 0 Å². The number of halogens is 1. The Bertz CT molecular complexity index is 617. The average molecular weight is 288 g/mol. The predicted octanol–water partition coefficient (Wildman–Crippen LogP) is 5.30. The lowest BCUT2D eigenvalue weighted by Crippen LogP contribution is -1.93. The van der Waals surface area contributed by atoms with Gasteiger partial charge in [0.05, 0.1) is 0 Å². The summed E-state index contributed by atoms with van der Waals surface area (Å²) in [4.78, 5) is 12.7. The van der Waals surface area contributed by atoms with E-state index in [2.05, 4.69) is 26.0 Å². The van der Waals surface area contributed by atoms with E-state index in [0.29, 0.717) is 16.4 Å². The number of hydrogen-bond donors (Lipinski definition) is 0. The zero-order valence-corrected chi connectivity index (χ0v) is 12.6. The number of hydrogen-bond acceptors (Lipinski definition) is 2. The summed E-state index contributed by atoms with van der Waals surface area (Å²) in [7, 11) is 0. The normalized spacial score (nSPS) is 10.8. The molecule has 0 aliphatic carbocycles. The van der Waals surface area contributed by atoms with Crippen LogP contribution in [0.2, 0.25) is 0 Å². The highest BCUT2D eigenvalue weighted by molar-refractivity contribution is 7.99. The first-order valence-corrected chi connectivity index (χ1v) is 7.37. The molecule has 0 aliphatic rings. The van der Waals surface area contributed by atoms with Gasteiger partial charge in [0.15, 0.2) is 5.78 Å². The maximum absolute atomic E-state index is 13.9. The topological polar surface area (TPSA) is 17.1 Å². The van der Waals surface area contributed by atoms with Crippen molar-refractivity contribution in [2.24, 2.45) is 0 Å². The van der Waals surface area contributed by atoms with E-state index in [1.165, 1.54) is 30.3 Å². The number of benzene rings is 2. The van der Waals surface area contributed by atoms with Gasteiger partial charge >= 0.3 is 0 Å². The number of Topliss-reactive ketones (excluding diaryl/α,β-unsaturated/α-hetero) is 1. The van der Waals surface area contributed by atoms with Crippen LogP contribution in [0.3, 0.4) is 0 Å². The minimum atomic E-state index is -0.351. The monoisotopic (exact) mass is 288 g/mol. The molecule has 0 aromatic heterocycles. The Morgan fingerprint density at radius 2 is 1.75 bits per heavy atom. The zero-order valence-electron chi connectivity index (χ0n) is 11.8. The lowest BCUT2D eigenvalue weighted by Gasteiger charge is -2.08. The van der Waals surface area contributed by atoms with Gasteiger partial charge in [-0.05, 0) is 42.7 Å². The first kappa shape index (κ1) is 14.8. The van der Waals surface area contributed by atoms with Gasteiger partial charge in [0.1, 0.15) is 5.82 Å². The first-order valence-electron chi connectivity index (χ1n) is 6.55. The van der Waals surface area contributed by atoms with Crippen LogP contribution in [0.4, 0.5) is 4.39 Å². The number of carbonyl (C=O) groups excluding carboxylic acids is 1. The second-order valence-corrected chi connectivity index (χ2v) is 6.14. The third kappa shape index (κ3) is 3.48. The van der Waals surface area contributed by atoms with E-state index in [-0.39, 0.29) is 11.6 Å². The van der Waals surface area contributed by atoms with Gasteiger partial charge in [-0.3, -0.25) is 4.79 Å². The Morgan fingerprint density at radius 3 is 2.25 bits per heavy atom. The predicted molar refractivity (Wildman–Crippen MR) is 81.1 cm³/mol. The molecule has 2 aromatic rings. The van der Waals surface area contributed by atoms with E-state index >= 15 is 0 Å². The van der Waals surface area contributed by atoms with Gasteiger partial charge in [-0.15, -0.1) is 0 Å². The lowest BCUT2D eigenvalue weighted by molar-refractivity contribution is 0.101. The average Bonchev–Trinajstić information content (AvgIpc) is 2.41. The SMILES string of the molecule is CC(=O)c1ccc(Sc2ccc(C(C)C)cc2)c(F)c1. The quantitative estimate of drug-likeness (QED) is 0.710. The summed E-state index contributed by atoms with van der Waals surface area (Å²) in [6.07, 6.45) is 0. The highest BCUT2D eigenvalue weighted by Crippen LogP contribution is 2.31. The van der Waals surface area contributed by atoms with Gasteiger partial charge in [0, 0.05) is 15.4 Å². The maximum atomic E-state index is 13.9. The van der Waals surface area contributed by atoms with Gasteiger partial charge < -0.3 is 0 Å². The van der Waals surface area contributed by atoms with Crippen molar-refractivity contribution in [3.8, 4) is 0 Å². The van der Waals surface area contributed by atoms with Crippen LogP contribution < -0.4 is 0 Å².